The van der Waals surface area contributed by atoms with Crippen molar-refractivity contribution in [3.05, 3.63) is 87.3 Å². The summed E-state index contributed by atoms with van der Waals surface area (Å²) in [6, 6.07) is 13.3. The number of pyridine rings is 2. The van der Waals surface area contributed by atoms with E-state index in [1.807, 2.05) is 11.4 Å². The number of aromatic amines is 1. The monoisotopic (exact) mass is 474 g/mol. The maximum Gasteiger partial charge on any atom is 0.211 e. The molecule has 170 valence electrons. The summed E-state index contributed by atoms with van der Waals surface area (Å²) in [5.41, 5.74) is 2.50. The minimum atomic E-state index is -0.324. The van der Waals surface area contributed by atoms with Crippen molar-refractivity contribution in [1.82, 2.24) is 9.97 Å². The molecule has 0 atom stereocenters. The number of hydrogen-bond acceptors (Lipinski definition) is 6. The number of carbonyl (C=O) groups excluding carboxylic acids is 1. The molecule has 0 fully saturated rings. The Labute approximate surface area is 197 Å². The Hall–Kier alpha value is -4.04. The number of ketones is 1. The van der Waals surface area contributed by atoms with Crippen molar-refractivity contribution < 1.29 is 18.7 Å². The van der Waals surface area contributed by atoms with Gasteiger partial charge in [-0.25, -0.2) is 9.37 Å². The molecule has 0 unspecified atom stereocenters. The van der Waals surface area contributed by atoms with E-state index in [0.717, 1.165) is 10.9 Å². The van der Waals surface area contributed by atoms with Crippen LogP contribution in [0, 0.1) is 5.82 Å². The van der Waals surface area contributed by atoms with Gasteiger partial charge in [0.25, 0.3) is 0 Å². The molecule has 34 heavy (non-hydrogen) atoms. The largest absolute Gasteiger partial charge is 0.493 e. The van der Waals surface area contributed by atoms with Gasteiger partial charge < -0.3 is 14.5 Å². The average Bonchev–Trinajstić information content (AvgIpc) is 3.30. The summed E-state index contributed by atoms with van der Waals surface area (Å²) in [5.74, 6) is 0.427. The minimum absolute atomic E-state index is 0.0980. The summed E-state index contributed by atoms with van der Waals surface area (Å²) in [6.45, 7) is 0. The van der Waals surface area contributed by atoms with Crippen LogP contribution in [0.5, 0.6) is 11.5 Å². The zero-order valence-corrected chi connectivity index (χ0v) is 19.2. The molecule has 0 amide bonds. The Bertz CT molecular complexity index is 1620. The van der Waals surface area contributed by atoms with Gasteiger partial charge in [0.05, 0.1) is 30.1 Å². The van der Waals surface area contributed by atoms with Crippen molar-refractivity contribution in [3.63, 3.8) is 0 Å². The van der Waals surface area contributed by atoms with Crippen molar-refractivity contribution in [2.24, 2.45) is 0 Å². The summed E-state index contributed by atoms with van der Waals surface area (Å²) in [4.78, 5) is 33.8. The molecule has 5 aromatic rings. The molecule has 3 aromatic heterocycles. The van der Waals surface area contributed by atoms with E-state index >= 15 is 0 Å². The number of aromatic nitrogens is 2. The van der Waals surface area contributed by atoms with E-state index in [1.54, 1.807) is 42.6 Å². The van der Waals surface area contributed by atoms with Gasteiger partial charge in [0, 0.05) is 40.1 Å². The summed E-state index contributed by atoms with van der Waals surface area (Å²) in [7, 11) is 3.01. The number of methoxy groups -OCH3 is 2. The standard InChI is InChI=1S/C26H19FN2O4S/c1-32-22-9-6-14(11-23(22)33-2)21(30)10-15-12-28-20-8-7-19(29-24(20)25(15)31)17-13-34-26-16(17)4-3-5-18(26)27/h3-9,11-13H,10H2,1-2H3,(H,28,31). The van der Waals surface area contributed by atoms with Crippen molar-refractivity contribution in [3.8, 4) is 22.8 Å². The van der Waals surface area contributed by atoms with E-state index in [2.05, 4.69) is 9.97 Å². The lowest BCUT2D eigenvalue weighted by Crippen LogP contribution is -2.16. The van der Waals surface area contributed by atoms with Gasteiger partial charge in [0.15, 0.2) is 17.3 Å². The predicted octanol–water partition coefficient (Wildman–Crippen LogP) is 5.39. The Morgan fingerprint density at radius 1 is 1.09 bits per heavy atom. The molecule has 0 spiro atoms. The number of H-pyrrole nitrogens is 1. The fourth-order valence-electron chi connectivity index (χ4n) is 3.92. The van der Waals surface area contributed by atoms with Crippen LogP contribution in [0.15, 0.2) is 64.9 Å². The van der Waals surface area contributed by atoms with Gasteiger partial charge in [0.1, 0.15) is 11.3 Å². The van der Waals surface area contributed by atoms with Crippen molar-refractivity contribution in [2.75, 3.05) is 14.2 Å². The normalized spacial score (nSPS) is 11.1. The summed E-state index contributed by atoms with van der Waals surface area (Å²) in [5, 5.41) is 2.58. The Balaban J connectivity index is 1.52. The van der Waals surface area contributed by atoms with E-state index in [9.17, 15) is 14.0 Å². The number of halogens is 1. The van der Waals surface area contributed by atoms with Crippen LogP contribution in [0.25, 0.3) is 32.4 Å². The molecule has 0 aliphatic carbocycles. The van der Waals surface area contributed by atoms with Gasteiger partial charge in [0.2, 0.25) is 5.43 Å². The molecule has 0 bridgehead atoms. The van der Waals surface area contributed by atoms with Crippen molar-refractivity contribution >= 4 is 38.2 Å². The van der Waals surface area contributed by atoms with Gasteiger partial charge in [-0.05, 0) is 36.4 Å². The first-order valence-corrected chi connectivity index (χ1v) is 11.3. The highest BCUT2D eigenvalue weighted by molar-refractivity contribution is 7.17. The maximum atomic E-state index is 14.1. The molecule has 0 aliphatic rings. The van der Waals surface area contributed by atoms with Crippen molar-refractivity contribution in [1.29, 1.82) is 0 Å². The number of nitrogens with one attached hydrogen (secondary N) is 1. The lowest BCUT2D eigenvalue weighted by Gasteiger charge is -2.09. The van der Waals surface area contributed by atoms with Crippen LogP contribution in [0.4, 0.5) is 4.39 Å². The Morgan fingerprint density at radius 3 is 2.71 bits per heavy atom. The van der Waals surface area contributed by atoms with Gasteiger partial charge >= 0.3 is 0 Å². The maximum absolute atomic E-state index is 14.1. The lowest BCUT2D eigenvalue weighted by atomic mass is 10.0. The summed E-state index contributed by atoms with van der Waals surface area (Å²) in [6.07, 6.45) is 1.44. The number of benzene rings is 2. The molecule has 0 radical (unpaired) electrons. The van der Waals surface area contributed by atoms with Crippen LogP contribution in [0.1, 0.15) is 15.9 Å². The number of nitrogens with zero attached hydrogens (tertiary/aromatic N) is 1. The van der Waals surface area contributed by atoms with E-state index < -0.39 is 0 Å². The third kappa shape index (κ3) is 3.72. The number of hydrogen-bond donors (Lipinski definition) is 1. The molecule has 1 N–H and O–H groups in total. The second-order valence-corrected chi connectivity index (χ2v) is 8.55. The predicted molar refractivity (Wildman–Crippen MR) is 131 cm³/mol. The molecular formula is C26H19FN2O4S. The number of ether oxygens (including phenoxy) is 2. The molecule has 6 nitrogen and oxygen atoms in total. The molecule has 2 aromatic carbocycles. The first-order valence-electron chi connectivity index (χ1n) is 10.4. The second-order valence-electron chi connectivity index (χ2n) is 7.67. The zero-order valence-electron chi connectivity index (χ0n) is 18.3. The van der Waals surface area contributed by atoms with E-state index in [4.69, 9.17) is 9.47 Å². The van der Waals surface area contributed by atoms with Crippen LogP contribution in [0.3, 0.4) is 0 Å². The molecule has 0 saturated heterocycles. The summed E-state index contributed by atoms with van der Waals surface area (Å²) < 4.78 is 25.1. The van der Waals surface area contributed by atoms with E-state index in [1.165, 1.54) is 31.6 Å². The topological polar surface area (TPSA) is 81.3 Å². The van der Waals surface area contributed by atoms with Crippen LogP contribution in [-0.4, -0.2) is 30.0 Å². The van der Waals surface area contributed by atoms with Gasteiger partial charge in [-0.15, -0.1) is 11.3 Å². The first kappa shape index (κ1) is 21.8. The molecular weight excluding hydrogens is 455 g/mol. The highest BCUT2D eigenvalue weighted by Gasteiger charge is 2.16. The third-order valence-electron chi connectivity index (χ3n) is 5.69. The number of thiophene rings is 1. The van der Waals surface area contributed by atoms with Crippen LogP contribution < -0.4 is 14.9 Å². The lowest BCUT2D eigenvalue weighted by molar-refractivity contribution is 0.0992. The van der Waals surface area contributed by atoms with Gasteiger partial charge in [-0.1, -0.05) is 12.1 Å². The first-order chi connectivity index (χ1) is 16.5. The number of Topliss-reactive ketones (excluding diaryl/α,β-unsaturated/α-hetero) is 1. The number of fused-ring (bicyclic) bond motifs is 2. The summed E-state index contributed by atoms with van der Waals surface area (Å²) >= 11 is 1.29. The molecule has 8 heteroatoms. The number of rotatable bonds is 6. The fourth-order valence-corrected chi connectivity index (χ4v) is 4.89. The fraction of sp³-hybridized carbons (Fsp3) is 0.115. The second kappa shape index (κ2) is 8.72. The number of carbonyl (C=O) groups is 1. The minimum Gasteiger partial charge on any atom is -0.493 e. The SMILES string of the molecule is COc1ccc(C(=O)Cc2c[nH]c3ccc(-c4csc5c(F)cccc45)nc3c2=O)cc1OC. The van der Waals surface area contributed by atoms with E-state index in [0.29, 0.717) is 38.5 Å². The Kier molecular flexibility index (Phi) is 5.59. The zero-order chi connectivity index (χ0) is 23.8. The van der Waals surface area contributed by atoms with Crippen LogP contribution in [0.2, 0.25) is 0 Å². The van der Waals surface area contributed by atoms with Crippen LogP contribution >= 0.6 is 11.3 Å². The van der Waals surface area contributed by atoms with Gasteiger partial charge in [-0.3, -0.25) is 9.59 Å². The average molecular weight is 475 g/mol. The third-order valence-corrected chi connectivity index (χ3v) is 6.69. The molecule has 5 rings (SSSR count). The van der Waals surface area contributed by atoms with E-state index in [-0.39, 0.29) is 29.0 Å². The molecule has 0 aliphatic heterocycles. The van der Waals surface area contributed by atoms with Crippen molar-refractivity contribution in [2.45, 2.75) is 6.42 Å². The highest BCUT2D eigenvalue weighted by atomic mass is 32.1. The Morgan fingerprint density at radius 2 is 1.91 bits per heavy atom. The molecule has 0 saturated carbocycles. The smallest absolute Gasteiger partial charge is 0.211 e. The highest BCUT2D eigenvalue weighted by Crippen LogP contribution is 2.35. The van der Waals surface area contributed by atoms with Crippen LogP contribution in [-0.2, 0) is 6.42 Å². The van der Waals surface area contributed by atoms with Gasteiger partial charge in [-0.2, -0.15) is 0 Å². The quantitative estimate of drug-likeness (QED) is 0.334. The molecule has 3 heterocycles.